The fourth-order valence-corrected chi connectivity index (χ4v) is 2.76. The van der Waals surface area contributed by atoms with Crippen molar-refractivity contribution in [3.63, 3.8) is 0 Å². The average Bonchev–Trinajstić information content (AvgIpc) is 2.70. The van der Waals surface area contributed by atoms with E-state index in [9.17, 15) is 9.90 Å². The molecule has 2 aliphatic heterocycles. The number of aliphatic hydroxyl groups excluding tert-OH is 1. The number of carbonyl (C=O) groups excluding carboxylic acids is 1. The number of ketones is 1. The Hall–Kier alpha value is -1.62. The van der Waals surface area contributed by atoms with Crippen LogP contribution in [0, 0.1) is 0 Å². The maximum Gasteiger partial charge on any atom is 0.293 e. The SMILES string of the molecule is CC(=O)C1=C2OC3(C=CSC=C3)OC2=C(O)CC1. The van der Waals surface area contributed by atoms with Gasteiger partial charge in [0, 0.05) is 24.1 Å². The molecule has 0 unspecified atom stereocenters. The standard InChI is InChI=1S/C13H12O4S/c1-8(14)9-2-3-10(15)12-11(9)16-13(17-12)4-6-18-7-5-13/h4-7,15H,2-3H2,1H3. The van der Waals surface area contributed by atoms with Gasteiger partial charge in [-0.3, -0.25) is 4.79 Å². The first kappa shape index (κ1) is 11.5. The number of aliphatic hydroxyl groups is 1. The Morgan fingerprint density at radius 1 is 1.28 bits per heavy atom. The third kappa shape index (κ3) is 1.66. The van der Waals surface area contributed by atoms with Crippen LogP contribution in [0.5, 0.6) is 0 Å². The molecule has 1 saturated heterocycles. The van der Waals surface area contributed by atoms with Crippen LogP contribution in [0.4, 0.5) is 0 Å². The lowest BCUT2D eigenvalue weighted by Crippen LogP contribution is -2.24. The summed E-state index contributed by atoms with van der Waals surface area (Å²) in [5.74, 6) is -0.227. The molecular formula is C13H12O4S. The van der Waals surface area contributed by atoms with Crippen LogP contribution >= 0.6 is 11.8 Å². The highest BCUT2D eigenvalue weighted by Crippen LogP contribution is 2.45. The fraction of sp³-hybridized carbons (Fsp3) is 0.308. The molecule has 5 heteroatoms. The first-order valence-corrected chi connectivity index (χ1v) is 6.61. The summed E-state index contributed by atoms with van der Waals surface area (Å²) in [5.41, 5.74) is 0.583. The molecule has 3 rings (SSSR count). The van der Waals surface area contributed by atoms with E-state index in [4.69, 9.17) is 9.47 Å². The van der Waals surface area contributed by atoms with Gasteiger partial charge in [0.25, 0.3) is 5.79 Å². The molecule has 1 spiro atoms. The smallest absolute Gasteiger partial charge is 0.293 e. The van der Waals surface area contributed by atoms with E-state index in [1.807, 2.05) is 10.8 Å². The van der Waals surface area contributed by atoms with Gasteiger partial charge < -0.3 is 14.6 Å². The first-order chi connectivity index (χ1) is 8.61. The molecule has 0 saturated carbocycles. The monoisotopic (exact) mass is 264 g/mol. The molecule has 0 aromatic rings. The average molecular weight is 264 g/mol. The van der Waals surface area contributed by atoms with E-state index in [2.05, 4.69) is 0 Å². The van der Waals surface area contributed by atoms with E-state index < -0.39 is 5.79 Å². The summed E-state index contributed by atoms with van der Waals surface area (Å²) in [5, 5.41) is 13.6. The number of fused-ring (bicyclic) bond motifs is 1. The maximum absolute atomic E-state index is 11.6. The minimum Gasteiger partial charge on any atom is -0.508 e. The maximum atomic E-state index is 11.6. The zero-order chi connectivity index (χ0) is 12.8. The molecule has 0 aromatic carbocycles. The molecule has 0 radical (unpaired) electrons. The van der Waals surface area contributed by atoms with Gasteiger partial charge in [0.1, 0.15) is 5.76 Å². The Balaban J connectivity index is 2.08. The van der Waals surface area contributed by atoms with E-state index in [-0.39, 0.29) is 11.5 Å². The number of ether oxygens (including phenoxy) is 2. The number of thioether (sulfide) groups is 1. The Labute approximate surface area is 109 Å². The number of Topliss-reactive ketones (excluding diaryl/α,β-unsaturated/α-hetero) is 1. The minimum absolute atomic E-state index is 0.0474. The van der Waals surface area contributed by atoms with Crippen molar-refractivity contribution in [3.05, 3.63) is 45.8 Å². The summed E-state index contributed by atoms with van der Waals surface area (Å²) >= 11 is 1.51. The summed E-state index contributed by atoms with van der Waals surface area (Å²) in [6.45, 7) is 1.50. The Bertz CT molecular complexity index is 527. The molecule has 1 N–H and O–H groups in total. The van der Waals surface area contributed by atoms with E-state index in [0.717, 1.165) is 0 Å². The third-order valence-corrected chi connectivity index (χ3v) is 3.65. The van der Waals surface area contributed by atoms with Crippen molar-refractivity contribution in [2.45, 2.75) is 25.6 Å². The molecule has 1 aliphatic carbocycles. The molecule has 4 nitrogen and oxygen atoms in total. The van der Waals surface area contributed by atoms with E-state index >= 15 is 0 Å². The van der Waals surface area contributed by atoms with Gasteiger partial charge in [0.05, 0.1) is 0 Å². The van der Waals surface area contributed by atoms with Crippen LogP contribution in [0.3, 0.4) is 0 Å². The third-order valence-electron chi connectivity index (χ3n) is 3.06. The largest absolute Gasteiger partial charge is 0.508 e. The van der Waals surface area contributed by atoms with Crippen molar-refractivity contribution in [1.29, 1.82) is 0 Å². The first-order valence-electron chi connectivity index (χ1n) is 5.67. The highest BCUT2D eigenvalue weighted by molar-refractivity contribution is 8.04. The zero-order valence-corrected chi connectivity index (χ0v) is 10.6. The highest BCUT2D eigenvalue weighted by Gasteiger charge is 2.45. The second-order valence-corrected chi connectivity index (χ2v) is 5.12. The molecule has 0 amide bonds. The molecule has 94 valence electrons. The molecular weight excluding hydrogens is 252 g/mol. The Morgan fingerprint density at radius 3 is 2.61 bits per heavy atom. The molecule has 0 aromatic heterocycles. The predicted octanol–water partition coefficient (Wildman–Crippen LogP) is 2.91. The lowest BCUT2D eigenvalue weighted by atomic mass is 9.98. The van der Waals surface area contributed by atoms with Gasteiger partial charge in [-0.15, -0.1) is 11.8 Å². The minimum atomic E-state index is -1.01. The Morgan fingerprint density at radius 2 is 1.94 bits per heavy atom. The van der Waals surface area contributed by atoms with Crippen molar-refractivity contribution < 1.29 is 19.4 Å². The van der Waals surface area contributed by atoms with Gasteiger partial charge >= 0.3 is 0 Å². The number of allylic oxidation sites excluding steroid dienone is 2. The van der Waals surface area contributed by atoms with Crippen LogP contribution in [-0.2, 0) is 14.3 Å². The molecule has 0 bridgehead atoms. The normalized spacial score (nSPS) is 24.1. The molecule has 18 heavy (non-hydrogen) atoms. The van der Waals surface area contributed by atoms with Gasteiger partial charge in [-0.2, -0.15) is 0 Å². The number of hydrogen-bond donors (Lipinski definition) is 1. The lowest BCUT2D eigenvalue weighted by molar-refractivity contribution is -0.114. The van der Waals surface area contributed by atoms with Crippen molar-refractivity contribution in [2.24, 2.45) is 0 Å². The quantitative estimate of drug-likeness (QED) is 0.789. The van der Waals surface area contributed by atoms with Gasteiger partial charge in [0.15, 0.2) is 11.5 Å². The fourth-order valence-electron chi connectivity index (χ4n) is 2.13. The van der Waals surface area contributed by atoms with Gasteiger partial charge in [-0.25, -0.2) is 0 Å². The summed E-state index contributed by atoms with van der Waals surface area (Å²) in [6, 6.07) is 0. The highest BCUT2D eigenvalue weighted by atomic mass is 32.2. The van der Waals surface area contributed by atoms with Crippen LogP contribution in [0.1, 0.15) is 19.8 Å². The predicted molar refractivity (Wildman–Crippen MR) is 67.4 cm³/mol. The van der Waals surface area contributed by atoms with Gasteiger partial charge in [0.2, 0.25) is 5.76 Å². The van der Waals surface area contributed by atoms with E-state index in [1.54, 1.807) is 12.2 Å². The summed E-state index contributed by atoms with van der Waals surface area (Å²) in [7, 11) is 0. The second kappa shape index (κ2) is 3.95. The number of hydrogen-bond acceptors (Lipinski definition) is 5. The number of rotatable bonds is 1. The van der Waals surface area contributed by atoms with Crippen molar-refractivity contribution in [2.75, 3.05) is 0 Å². The summed E-state index contributed by atoms with van der Waals surface area (Å²) in [6.07, 6.45) is 4.43. The zero-order valence-electron chi connectivity index (χ0n) is 9.80. The number of carbonyl (C=O) groups is 1. The van der Waals surface area contributed by atoms with Gasteiger partial charge in [-0.1, -0.05) is 0 Å². The molecule has 2 heterocycles. The van der Waals surface area contributed by atoms with Crippen molar-refractivity contribution in [3.8, 4) is 0 Å². The van der Waals surface area contributed by atoms with Crippen LogP contribution in [0.15, 0.2) is 45.8 Å². The van der Waals surface area contributed by atoms with Crippen LogP contribution < -0.4 is 0 Å². The van der Waals surface area contributed by atoms with Crippen LogP contribution in [0.25, 0.3) is 0 Å². The molecule has 3 aliphatic rings. The van der Waals surface area contributed by atoms with Crippen LogP contribution in [0.2, 0.25) is 0 Å². The van der Waals surface area contributed by atoms with E-state index in [1.165, 1.54) is 18.7 Å². The molecule has 1 fully saturated rings. The Kier molecular flexibility index (Phi) is 2.52. The second-order valence-electron chi connectivity index (χ2n) is 4.31. The topological polar surface area (TPSA) is 55.8 Å². The lowest BCUT2D eigenvalue weighted by Gasteiger charge is -2.20. The van der Waals surface area contributed by atoms with Gasteiger partial charge in [-0.05, 0) is 24.2 Å². The van der Waals surface area contributed by atoms with Crippen molar-refractivity contribution in [1.82, 2.24) is 0 Å². The summed E-state index contributed by atoms with van der Waals surface area (Å²) < 4.78 is 11.5. The summed E-state index contributed by atoms with van der Waals surface area (Å²) in [4.78, 5) is 11.6. The van der Waals surface area contributed by atoms with Crippen LogP contribution in [-0.4, -0.2) is 16.7 Å². The molecule has 0 atom stereocenters. The van der Waals surface area contributed by atoms with E-state index in [0.29, 0.717) is 29.9 Å². The van der Waals surface area contributed by atoms with Crippen molar-refractivity contribution >= 4 is 17.5 Å².